The summed E-state index contributed by atoms with van der Waals surface area (Å²) in [5, 5.41) is 8.90. The number of rotatable bonds is 6. The molecule has 1 aliphatic rings. The minimum absolute atomic E-state index is 0.127. The molecule has 1 saturated heterocycles. The first-order valence-corrected chi connectivity index (χ1v) is 7.19. The zero-order valence-electron chi connectivity index (χ0n) is 10.9. The van der Waals surface area contributed by atoms with Gasteiger partial charge in [-0.25, -0.2) is 0 Å². The van der Waals surface area contributed by atoms with Crippen molar-refractivity contribution in [2.45, 2.75) is 38.3 Å². The standard InChI is InChI=1S/C12H23NO3S/c1-12(2,16-3)4-5-13-6-7-17-9-10(13)8-11(14)15/h10H,4-9H2,1-3H3,(H,14,15). The highest BCUT2D eigenvalue weighted by molar-refractivity contribution is 7.99. The maximum Gasteiger partial charge on any atom is 0.304 e. The molecule has 1 aliphatic heterocycles. The highest BCUT2D eigenvalue weighted by atomic mass is 32.2. The summed E-state index contributed by atoms with van der Waals surface area (Å²) in [7, 11) is 1.72. The molecular weight excluding hydrogens is 238 g/mol. The average molecular weight is 261 g/mol. The number of aliphatic carboxylic acids is 1. The number of thioether (sulfide) groups is 1. The summed E-state index contributed by atoms with van der Waals surface area (Å²) in [6, 6.07) is 0.180. The van der Waals surface area contributed by atoms with Crippen LogP contribution in [-0.2, 0) is 9.53 Å². The third-order valence-corrected chi connectivity index (χ3v) is 4.41. The van der Waals surface area contributed by atoms with E-state index in [2.05, 4.69) is 18.7 Å². The Labute approximate surface area is 108 Å². The van der Waals surface area contributed by atoms with Gasteiger partial charge in [-0.2, -0.15) is 11.8 Å². The third kappa shape index (κ3) is 5.27. The van der Waals surface area contributed by atoms with Crippen LogP contribution in [0.1, 0.15) is 26.7 Å². The van der Waals surface area contributed by atoms with Crippen molar-refractivity contribution in [1.29, 1.82) is 0 Å². The van der Waals surface area contributed by atoms with Gasteiger partial charge in [0.1, 0.15) is 0 Å². The molecule has 0 aromatic heterocycles. The van der Waals surface area contributed by atoms with Gasteiger partial charge < -0.3 is 9.84 Å². The van der Waals surface area contributed by atoms with Crippen molar-refractivity contribution in [1.82, 2.24) is 4.90 Å². The Hall–Kier alpha value is -0.260. The van der Waals surface area contributed by atoms with Gasteiger partial charge in [0.05, 0.1) is 12.0 Å². The summed E-state index contributed by atoms with van der Waals surface area (Å²) in [5.74, 6) is 1.33. The monoisotopic (exact) mass is 261 g/mol. The normalized spacial score (nSPS) is 22.6. The van der Waals surface area contributed by atoms with E-state index in [1.165, 1.54) is 0 Å². The lowest BCUT2D eigenvalue weighted by Crippen LogP contribution is -2.45. The molecule has 1 N–H and O–H groups in total. The SMILES string of the molecule is COC(C)(C)CCN1CCSCC1CC(=O)O. The second kappa shape index (κ2) is 6.61. The molecule has 0 aromatic rings. The molecule has 0 aromatic carbocycles. The molecule has 1 fully saturated rings. The van der Waals surface area contributed by atoms with Crippen molar-refractivity contribution in [2.24, 2.45) is 0 Å². The molecular formula is C12H23NO3S. The molecule has 0 saturated carbocycles. The summed E-state index contributed by atoms with van der Waals surface area (Å²) in [6.07, 6.45) is 1.19. The molecule has 0 spiro atoms. The van der Waals surface area contributed by atoms with Crippen molar-refractivity contribution in [2.75, 3.05) is 31.7 Å². The van der Waals surface area contributed by atoms with Crippen molar-refractivity contribution in [3.63, 3.8) is 0 Å². The van der Waals surface area contributed by atoms with Crippen LogP contribution in [-0.4, -0.2) is 59.3 Å². The van der Waals surface area contributed by atoms with Crippen molar-refractivity contribution >= 4 is 17.7 Å². The Morgan fingerprint density at radius 3 is 2.88 bits per heavy atom. The average Bonchev–Trinajstić information content (AvgIpc) is 2.27. The predicted octanol–water partition coefficient (Wildman–Crippen LogP) is 1.69. The van der Waals surface area contributed by atoms with Crippen LogP contribution >= 0.6 is 11.8 Å². The van der Waals surface area contributed by atoms with Crippen LogP contribution in [0, 0.1) is 0 Å². The van der Waals surface area contributed by atoms with Crippen LogP contribution in [0.15, 0.2) is 0 Å². The molecule has 0 bridgehead atoms. The minimum atomic E-state index is -0.700. The van der Waals surface area contributed by atoms with Crippen molar-refractivity contribution in [3.05, 3.63) is 0 Å². The molecule has 4 nitrogen and oxygen atoms in total. The Kier molecular flexibility index (Phi) is 5.76. The van der Waals surface area contributed by atoms with Crippen LogP contribution < -0.4 is 0 Å². The highest BCUT2D eigenvalue weighted by Crippen LogP contribution is 2.21. The number of methoxy groups -OCH3 is 1. The quantitative estimate of drug-likeness (QED) is 0.788. The van der Waals surface area contributed by atoms with Gasteiger partial charge in [0.25, 0.3) is 0 Å². The highest BCUT2D eigenvalue weighted by Gasteiger charge is 2.26. The van der Waals surface area contributed by atoms with Gasteiger partial charge in [0.15, 0.2) is 0 Å². The number of carbonyl (C=O) groups is 1. The van der Waals surface area contributed by atoms with E-state index in [-0.39, 0.29) is 18.1 Å². The second-order valence-electron chi connectivity index (χ2n) is 5.08. The van der Waals surface area contributed by atoms with Gasteiger partial charge in [0, 0.05) is 37.7 Å². The van der Waals surface area contributed by atoms with Gasteiger partial charge in [0.2, 0.25) is 0 Å². The largest absolute Gasteiger partial charge is 0.481 e. The molecule has 17 heavy (non-hydrogen) atoms. The lowest BCUT2D eigenvalue weighted by molar-refractivity contribution is -0.138. The zero-order valence-corrected chi connectivity index (χ0v) is 11.8. The summed E-state index contributed by atoms with van der Waals surface area (Å²) in [5.41, 5.74) is -0.127. The number of nitrogens with zero attached hydrogens (tertiary/aromatic N) is 1. The van der Waals surface area contributed by atoms with Crippen LogP contribution in [0.4, 0.5) is 0 Å². The van der Waals surface area contributed by atoms with Crippen LogP contribution in [0.3, 0.4) is 0 Å². The first kappa shape index (κ1) is 14.8. The summed E-state index contributed by atoms with van der Waals surface area (Å²) >= 11 is 1.85. The molecule has 100 valence electrons. The number of hydrogen-bond acceptors (Lipinski definition) is 4. The fourth-order valence-corrected chi connectivity index (χ4v) is 3.02. The minimum Gasteiger partial charge on any atom is -0.481 e. The van der Waals surface area contributed by atoms with E-state index in [1.54, 1.807) is 7.11 Å². The maximum absolute atomic E-state index is 10.8. The van der Waals surface area contributed by atoms with E-state index in [1.807, 2.05) is 11.8 Å². The molecule has 1 unspecified atom stereocenters. The van der Waals surface area contributed by atoms with E-state index < -0.39 is 5.97 Å². The number of ether oxygens (including phenoxy) is 1. The second-order valence-corrected chi connectivity index (χ2v) is 6.23. The lowest BCUT2D eigenvalue weighted by Gasteiger charge is -2.36. The molecule has 5 heteroatoms. The summed E-state index contributed by atoms with van der Waals surface area (Å²) in [6.45, 7) is 6.04. The van der Waals surface area contributed by atoms with E-state index in [0.29, 0.717) is 0 Å². The van der Waals surface area contributed by atoms with Gasteiger partial charge in [-0.3, -0.25) is 9.69 Å². The topological polar surface area (TPSA) is 49.8 Å². The van der Waals surface area contributed by atoms with E-state index in [9.17, 15) is 4.79 Å². The van der Waals surface area contributed by atoms with Gasteiger partial charge in [-0.15, -0.1) is 0 Å². The van der Waals surface area contributed by atoms with Crippen LogP contribution in [0.2, 0.25) is 0 Å². The van der Waals surface area contributed by atoms with Gasteiger partial charge >= 0.3 is 5.97 Å². The number of carboxylic acids is 1. The summed E-state index contributed by atoms with van der Waals surface area (Å²) in [4.78, 5) is 13.1. The zero-order chi connectivity index (χ0) is 12.9. The molecule has 1 heterocycles. The Bertz CT molecular complexity index is 258. The third-order valence-electron chi connectivity index (χ3n) is 3.31. The van der Waals surface area contributed by atoms with Gasteiger partial charge in [-0.05, 0) is 20.3 Å². The van der Waals surface area contributed by atoms with Crippen LogP contribution in [0.25, 0.3) is 0 Å². The van der Waals surface area contributed by atoms with E-state index in [4.69, 9.17) is 9.84 Å². The molecule has 0 amide bonds. The molecule has 1 rings (SSSR count). The fraction of sp³-hybridized carbons (Fsp3) is 0.917. The molecule has 1 atom stereocenters. The predicted molar refractivity (Wildman–Crippen MR) is 70.6 cm³/mol. The summed E-state index contributed by atoms with van der Waals surface area (Å²) < 4.78 is 5.40. The molecule has 0 radical (unpaired) electrons. The van der Waals surface area contributed by atoms with Crippen molar-refractivity contribution in [3.8, 4) is 0 Å². The van der Waals surface area contributed by atoms with Crippen molar-refractivity contribution < 1.29 is 14.6 Å². The Balaban J connectivity index is 2.45. The first-order valence-electron chi connectivity index (χ1n) is 6.03. The first-order chi connectivity index (χ1) is 7.94. The van der Waals surface area contributed by atoms with E-state index in [0.717, 1.165) is 31.0 Å². The number of carboxylic acid groups (broad SMARTS) is 1. The Morgan fingerprint density at radius 2 is 2.29 bits per heavy atom. The van der Waals surface area contributed by atoms with E-state index >= 15 is 0 Å². The van der Waals surface area contributed by atoms with Crippen LogP contribution in [0.5, 0.6) is 0 Å². The lowest BCUT2D eigenvalue weighted by atomic mass is 10.0. The maximum atomic E-state index is 10.8. The van der Waals surface area contributed by atoms with Gasteiger partial charge in [-0.1, -0.05) is 0 Å². The number of hydrogen-bond donors (Lipinski definition) is 1. The molecule has 0 aliphatic carbocycles. The fourth-order valence-electron chi connectivity index (χ4n) is 1.89. The Morgan fingerprint density at radius 1 is 1.59 bits per heavy atom. The smallest absolute Gasteiger partial charge is 0.304 e.